The molecule has 130 valence electrons. The van der Waals surface area contributed by atoms with E-state index >= 15 is 0 Å². The van der Waals surface area contributed by atoms with Crippen LogP contribution in [0, 0.1) is 29.6 Å². The van der Waals surface area contributed by atoms with Gasteiger partial charge in [-0.3, -0.25) is 10.5 Å². The second-order valence-electron chi connectivity index (χ2n) is 6.05. The predicted octanol–water partition coefficient (Wildman–Crippen LogP) is 3.63. The lowest BCUT2D eigenvalue weighted by molar-refractivity contribution is 0.402. The van der Waals surface area contributed by atoms with Crippen molar-refractivity contribution < 1.29 is 13.9 Å². The van der Waals surface area contributed by atoms with Crippen molar-refractivity contribution in [1.82, 2.24) is 10.2 Å². The molecule has 7 heteroatoms. The molecule has 0 saturated carbocycles. The molecule has 26 heavy (non-hydrogen) atoms. The number of H-pyrrole nitrogens is 1. The van der Waals surface area contributed by atoms with E-state index in [9.17, 15) is 5.26 Å². The second kappa shape index (κ2) is 6.08. The SMILES string of the molecule is COc1ccc(-c2ccc([C@H]3c4c(n[nH]c4C)OC(=N)C3C#N)o2)cc1. The van der Waals surface area contributed by atoms with Crippen LogP contribution in [0.25, 0.3) is 11.3 Å². The van der Waals surface area contributed by atoms with E-state index in [-0.39, 0.29) is 5.90 Å². The lowest BCUT2D eigenvalue weighted by atomic mass is 9.83. The fourth-order valence-corrected chi connectivity index (χ4v) is 3.22. The van der Waals surface area contributed by atoms with E-state index in [0.717, 1.165) is 22.6 Å². The first-order valence-corrected chi connectivity index (χ1v) is 8.07. The highest BCUT2D eigenvalue weighted by Crippen LogP contribution is 2.43. The molecule has 0 fully saturated rings. The predicted molar refractivity (Wildman–Crippen MR) is 93.3 cm³/mol. The molecule has 1 aromatic carbocycles. The third kappa shape index (κ3) is 2.43. The molecule has 0 amide bonds. The lowest BCUT2D eigenvalue weighted by Crippen LogP contribution is -2.30. The summed E-state index contributed by atoms with van der Waals surface area (Å²) >= 11 is 0. The van der Waals surface area contributed by atoms with Crippen LogP contribution in [0.1, 0.15) is 22.9 Å². The zero-order valence-electron chi connectivity index (χ0n) is 14.2. The summed E-state index contributed by atoms with van der Waals surface area (Å²) in [6.07, 6.45) is 0. The summed E-state index contributed by atoms with van der Waals surface area (Å²) in [5.74, 6) is 1.03. The number of rotatable bonds is 3. The first-order chi connectivity index (χ1) is 12.6. The van der Waals surface area contributed by atoms with Crippen molar-refractivity contribution in [2.45, 2.75) is 12.8 Å². The van der Waals surface area contributed by atoms with Gasteiger partial charge in [-0.05, 0) is 43.3 Å². The number of nitrogens with one attached hydrogen (secondary N) is 2. The maximum Gasteiger partial charge on any atom is 0.243 e. The van der Waals surface area contributed by atoms with Crippen molar-refractivity contribution in [3.8, 4) is 29.0 Å². The van der Waals surface area contributed by atoms with Crippen LogP contribution in [0.5, 0.6) is 11.6 Å². The Morgan fingerprint density at radius 2 is 2.00 bits per heavy atom. The average molecular weight is 348 g/mol. The number of aromatic amines is 1. The van der Waals surface area contributed by atoms with Crippen molar-refractivity contribution >= 4 is 5.90 Å². The van der Waals surface area contributed by atoms with E-state index < -0.39 is 11.8 Å². The highest BCUT2D eigenvalue weighted by Gasteiger charge is 2.41. The molecule has 1 unspecified atom stereocenters. The number of hydrogen-bond donors (Lipinski definition) is 2. The number of nitriles is 1. The summed E-state index contributed by atoms with van der Waals surface area (Å²) in [6.45, 7) is 1.86. The standard InChI is InChI=1S/C19H16N4O3/c1-10-16-17(13(9-20)18(21)26-19(16)23-22-10)15-8-7-14(25-15)11-3-5-12(24-2)6-4-11/h3-8,13,17,21H,1-2H3,(H,22,23)/t13?,17-/m0/s1. The van der Waals surface area contributed by atoms with E-state index in [0.29, 0.717) is 17.4 Å². The number of aromatic nitrogens is 2. The quantitative estimate of drug-likeness (QED) is 0.751. The first kappa shape index (κ1) is 16.0. The Bertz CT molecular complexity index is 1010. The number of furan rings is 1. The van der Waals surface area contributed by atoms with Crippen molar-refractivity contribution in [3.63, 3.8) is 0 Å². The van der Waals surface area contributed by atoms with Crippen molar-refractivity contribution in [3.05, 3.63) is 53.4 Å². The monoisotopic (exact) mass is 348 g/mol. The van der Waals surface area contributed by atoms with Gasteiger partial charge in [0.2, 0.25) is 11.8 Å². The number of benzene rings is 1. The minimum Gasteiger partial charge on any atom is -0.497 e. The van der Waals surface area contributed by atoms with Gasteiger partial charge in [0.25, 0.3) is 0 Å². The molecule has 2 atom stereocenters. The number of hydrogen-bond acceptors (Lipinski definition) is 6. The minimum atomic E-state index is -0.770. The molecule has 2 N–H and O–H groups in total. The third-order valence-electron chi connectivity index (χ3n) is 4.54. The van der Waals surface area contributed by atoms with Crippen LogP contribution in [0.2, 0.25) is 0 Å². The van der Waals surface area contributed by atoms with Gasteiger partial charge in [-0.1, -0.05) is 0 Å². The molecule has 2 aromatic heterocycles. The molecule has 3 heterocycles. The van der Waals surface area contributed by atoms with Crippen LogP contribution in [0.15, 0.2) is 40.8 Å². The largest absolute Gasteiger partial charge is 0.497 e. The Morgan fingerprint density at radius 3 is 2.69 bits per heavy atom. The normalized spacial score (nSPS) is 18.7. The molecule has 0 bridgehead atoms. The summed E-state index contributed by atoms with van der Waals surface area (Å²) in [5.41, 5.74) is 2.44. The summed E-state index contributed by atoms with van der Waals surface area (Å²) in [6, 6.07) is 13.4. The summed E-state index contributed by atoms with van der Waals surface area (Å²) in [5, 5.41) is 24.5. The van der Waals surface area contributed by atoms with Gasteiger partial charge in [0.15, 0.2) is 0 Å². The lowest BCUT2D eigenvalue weighted by Gasteiger charge is -2.25. The van der Waals surface area contributed by atoms with E-state index in [1.807, 2.05) is 43.3 Å². The maximum absolute atomic E-state index is 9.57. The molecule has 0 aliphatic carbocycles. The second-order valence-corrected chi connectivity index (χ2v) is 6.05. The van der Waals surface area contributed by atoms with Gasteiger partial charge >= 0.3 is 0 Å². The van der Waals surface area contributed by atoms with Crippen LogP contribution in [0.4, 0.5) is 0 Å². The molecule has 7 nitrogen and oxygen atoms in total. The zero-order chi connectivity index (χ0) is 18.3. The number of ether oxygens (including phenoxy) is 2. The highest BCUT2D eigenvalue weighted by atomic mass is 16.5. The van der Waals surface area contributed by atoms with Crippen molar-refractivity contribution in [2.75, 3.05) is 7.11 Å². The zero-order valence-corrected chi connectivity index (χ0v) is 14.2. The number of nitrogens with zero attached hydrogens (tertiary/aromatic N) is 2. The summed E-state index contributed by atoms with van der Waals surface area (Å²) < 4.78 is 16.6. The van der Waals surface area contributed by atoms with E-state index in [1.165, 1.54) is 0 Å². The molecular weight excluding hydrogens is 332 g/mol. The van der Waals surface area contributed by atoms with E-state index in [1.54, 1.807) is 7.11 Å². The van der Waals surface area contributed by atoms with Crippen LogP contribution in [0.3, 0.4) is 0 Å². The Kier molecular flexibility index (Phi) is 3.73. The van der Waals surface area contributed by atoms with Crippen LogP contribution < -0.4 is 9.47 Å². The molecule has 3 aromatic rings. The van der Waals surface area contributed by atoms with Gasteiger partial charge in [-0.2, -0.15) is 5.26 Å². The maximum atomic E-state index is 9.57. The third-order valence-corrected chi connectivity index (χ3v) is 4.54. The fourth-order valence-electron chi connectivity index (χ4n) is 3.22. The Hall–Kier alpha value is -3.53. The van der Waals surface area contributed by atoms with E-state index in [2.05, 4.69) is 16.3 Å². The molecule has 1 aliphatic rings. The summed E-state index contributed by atoms with van der Waals surface area (Å²) in [7, 11) is 1.62. The Balaban J connectivity index is 1.77. The number of fused-ring (bicyclic) bond motifs is 1. The van der Waals surface area contributed by atoms with Gasteiger partial charge in [0.05, 0.1) is 19.1 Å². The van der Waals surface area contributed by atoms with Crippen molar-refractivity contribution in [2.24, 2.45) is 5.92 Å². The summed E-state index contributed by atoms with van der Waals surface area (Å²) in [4.78, 5) is 0. The number of aryl methyl sites for hydroxylation is 1. The van der Waals surface area contributed by atoms with Crippen LogP contribution >= 0.6 is 0 Å². The molecule has 0 radical (unpaired) electrons. The number of methoxy groups -OCH3 is 1. The Labute approximate surface area is 149 Å². The highest BCUT2D eigenvalue weighted by molar-refractivity contribution is 5.84. The fraction of sp³-hybridized carbons (Fsp3) is 0.211. The molecule has 1 aliphatic heterocycles. The van der Waals surface area contributed by atoms with Gasteiger partial charge in [-0.25, -0.2) is 0 Å². The van der Waals surface area contributed by atoms with Gasteiger partial charge in [-0.15, -0.1) is 5.10 Å². The molecule has 0 spiro atoms. The molecule has 0 saturated heterocycles. The molecule has 4 rings (SSSR count). The smallest absolute Gasteiger partial charge is 0.243 e. The van der Waals surface area contributed by atoms with Gasteiger partial charge < -0.3 is 13.9 Å². The Morgan fingerprint density at radius 1 is 1.23 bits per heavy atom. The molecular formula is C19H16N4O3. The average Bonchev–Trinajstić information content (AvgIpc) is 3.28. The van der Waals surface area contributed by atoms with Crippen LogP contribution in [-0.4, -0.2) is 23.2 Å². The minimum absolute atomic E-state index is 0.126. The van der Waals surface area contributed by atoms with Crippen molar-refractivity contribution in [1.29, 1.82) is 10.7 Å². The first-order valence-electron chi connectivity index (χ1n) is 8.07. The topological polar surface area (TPSA) is 108 Å². The van der Waals surface area contributed by atoms with E-state index in [4.69, 9.17) is 19.3 Å². The van der Waals surface area contributed by atoms with Gasteiger partial charge in [0, 0.05) is 16.8 Å². The van der Waals surface area contributed by atoms with Crippen LogP contribution in [-0.2, 0) is 0 Å². The van der Waals surface area contributed by atoms with Gasteiger partial charge in [0.1, 0.15) is 23.2 Å².